The molecular formula is C27H34BrN3O4. The molecule has 0 fully saturated rings. The third-order valence-corrected chi connectivity index (χ3v) is 7.01. The first kappa shape index (κ1) is 26.7. The molecule has 7 nitrogen and oxygen atoms in total. The van der Waals surface area contributed by atoms with E-state index in [4.69, 9.17) is 14.5 Å². The van der Waals surface area contributed by atoms with Crippen LogP contribution in [0.5, 0.6) is 11.5 Å². The maximum atomic E-state index is 13.9. The van der Waals surface area contributed by atoms with E-state index < -0.39 is 6.04 Å². The first-order valence-electron chi connectivity index (χ1n) is 12.1. The Morgan fingerprint density at radius 3 is 2.51 bits per heavy atom. The van der Waals surface area contributed by atoms with E-state index in [1.807, 2.05) is 36.9 Å². The molecule has 35 heavy (non-hydrogen) atoms. The number of carbonyl (C=O) groups is 1. The van der Waals surface area contributed by atoms with Gasteiger partial charge in [0.15, 0.2) is 0 Å². The van der Waals surface area contributed by atoms with Gasteiger partial charge in [-0.15, -0.1) is 0 Å². The van der Waals surface area contributed by atoms with Crippen LogP contribution in [0.2, 0.25) is 0 Å². The number of hydrogen-bond donors (Lipinski definition) is 0. The minimum atomic E-state index is -0.425. The Balaban J connectivity index is 2.27. The highest BCUT2D eigenvalue weighted by Crippen LogP contribution is 2.37. The predicted molar refractivity (Wildman–Crippen MR) is 143 cm³/mol. The number of aromatic nitrogens is 2. The third-order valence-electron chi connectivity index (χ3n) is 6.21. The lowest BCUT2D eigenvalue weighted by Crippen LogP contribution is -2.37. The number of carbonyl (C=O) groups excluding carboxylic acids is 1. The van der Waals surface area contributed by atoms with Crippen LogP contribution in [0.3, 0.4) is 0 Å². The van der Waals surface area contributed by atoms with Gasteiger partial charge in [-0.2, -0.15) is 0 Å². The molecule has 0 saturated carbocycles. The average Bonchev–Trinajstić information content (AvgIpc) is 2.88. The lowest BCUT2D eigenvalue weighted by molar-refractivity contribution is -0.133. The minimum Gasteiger partial charge on any atom is -0.497 e. The fourth-order valence-electron chi connectivity index (χ4n) is 4.24. The molecule has 188 valence electrons. The van der Waals surface area contributed by atoms with Gasteiger partial charge in [0.2, 0.25) is 5.91 Å². The minimum absolute atomic E-state index is 0.0326. The van der Waals surface area contributed by atoms with Crippen molar-refractivity contribution in [1.82, 2.24) is 14.5 Å². The Morgan fingerprint density at radius 1 is 1.11 bits per heavy atom. The van der Waals surface area contributed by atoms with E-state index in [1.165, 1.54) is 0 Å². The van der Waals surface area contributed by atoms with Crippen molar-refractivity contribution in [2.24, 2.45) is 0 Å². The molecule has 1 unspecified atom stereocenters. The van der Waals surface area contributed by atoms with Crippen molar-refractivity contribution in [3.63, 3.8) is 0 Å². The van der Waals surface area contributed by atoms with E-state index >= 15 is 0 Å². The SMILES string of the molecule is CCCCCCN(C(=O)CC)C(C)c1nc2ccccc2c(=O)n1-c1cc(OC)cc(OC)c1Br. The zero-order valence-corrected chi connectivity index (χ0v) is 22.7. The largest absolute Gasteiger partial charge is 0.497 e. The van der Waals surface area contributed by atoms with Gasteiger partial charge in [-0.3, -0.25) is 14.2 Å². The van der Waals surface area contributed by atoms with Crippen molar-refractivity contribution in [3.8, 4) is 17.2 Å². The summed E-state index contributed by atoms with van der Waals surface area (Å²) in [4.78, 5) is 33.7. The fraction of sp³-hybridized carbons (Fsp3) is 0.444. The first-order valence-corrected chi connectivity index (χ1v) is 12.9. The number of halogens is 1. The summed E-state index contributed by atoms with van der Waals surface area (Å²) in [5.74, 6) is 1.59. The van der Waals surface area contributed by atoms with Gasteiger partial charge in [-0.05, 0) is 41.4 Å². The number of para-hydroxylation sites is 1. The van der Waals surface area contributed by atoms with Crippen molar-refractivity contribution in [2.75, 3.05) is 20.8 Å². The molecule has 0 aliphatic rings. The molecule has 0 bridgehead atoms. The van der Waals surface area contributed by atoms with Gasteiger partial charge >= 0.3 is 0 Å². The molecular weight excluding hydrogens is 510 g/mol. The molecule has 3 aromatic rings. The molecule has 1 amide bonds. The summed E-state index contributed by atoms with van der Waals surface area (Å²) in [6, 6.07) is 10.4. The third kappa shape index (κ3) is 5.69. The fourth-order valence-corrected chi connectivity index (χ4v) is 4.80. The normalized spacial score (nSPS) is 11.9. The lowest BCUT2D eigenvalue weighted by Gasteiger charge is -2.31. The quantitative estimate of drug-likeness (QED) is 0.275. The van der Waals surface area contributed by atoms with Crippen molar-refractivity contribution in [1.29, 1.82) is 0 Å². The van der Waals surface area contributed by atoms with Crippen LogP contribution in [-0.4, -0.2) is 41.1 Å². The van der Waals surface area contributed by atoms with Crippen molar-refractivity contribution in [2.45, 2.75) is 58.9 Å². The molecule has 1 aromatic heterocycles. The maximum absolute atomic E-state index is 13.9. The maximum Gasteiger partial charge on any atom is 0.266 e. The van der Waals surface area contributed by atoms with Crippen molar-refractivity contribution in [3.05, 3.63) is 57.0 Å². The van der Waals surface area contributed by atoms with Crippen molar-refractivity contribution < 1.29 is 14.3 Å². The number of hydrogen-bond acceptors (Lipinski definition) is 5. The van der Waals surface area contributed by atoms with Gasteiger partial charge in [0, 0.05) is 25.1 Å². The Labute approximate surface area is 215 Å². The number of unbranched alkanes of at least 4 members (excludes halogenated alkanes) is 3. The van der Waals surface area contributed by atoms with E-state index in [2.05, 4.69) is 22.9 Å². The topological polar surface area (TPSA) is 73.7 Å². The molecule has 3 rings (SSSR count). The highest BCUT2D eigenvalue weighted by molar-refractivity contribution is 9.10. The summed E-state index contributed by atoms with van der Waals surface area (Å²) in [7, 11) is 3.13. The second-order valence-corrected chi connectivity index (χ2v) is 9.26. The summed E-state index contributed by atoms with van der Waals surface area (Å²) >= 11 is 3.61. The Kier molecular flexibility index (Phi) is 9.32. The van der Waals surface area contributed by atoms with Crippen LogP contribution in [-0.2, 0) is 4.79 Å². The number of benzene rings is 2. The van der Waals surface area contributed by atoms with Crippen LogP contribution in [0.15, 0.2) is 45.7 Å². The van der Waals surface area contributed by atoms with Crippen molar-refractivity contribution >= 4 is 32.7 Å². The van der Waals surface area contributed by atoms with Gasteiger partial charge < -0.3 is 14.4 Å². The highest BCUT2D eigenvalue weighted by atomic mass is 79.9. The summed E-state index contributed by atoms with van der Waals surface area (Å²) in [6.45, 7) is 6.57. The van der Waals surface area contributed by atoms with Crippen LogP contribution < -0.4 is 15.0 Å². The summed E-state index contributed by atoms with van der Waals surface area (Å²) in [6.07, 6.45) is 4.57. The van der Waals surface area contributed by atoms with Gasteiger partial charge in [0.05, 0.1) is 41.3 Å². The Morgan fingerprint density at radius 2 is 1.86 bits per heavy atom. The monoisotopic (exact) mass is 543 g/mol. The van der Waals surface area contributed by atoms with Gasteiger partial charge in [0.1, 0.15) is 17.3 Å². The summed E-state index contributed by atoms with van der Waals surface area (Å²) in [5.41, 5.74) is 0.918. The van der Waals surface area contributed by atoms with Gasteiger partial charge in [0.25, 0.3) is 5.56 Å². The molecule has 0 spiro atoms. The van der Waals surface area contributed by atoms with E-state index in [-0.39, 0.29) is 11.5 Å². The standard InChI is InChI=1S/C27H34BrN3O4/c1-6-8-9-12-15-30(24(32)7-2)18(3)26-29-21-14-11-10-13-20(21)27(33)31(26)22-16-19(34-4)17-23(35-5)25(22)28/h10-11,13-14,16-18H,6-9,12,15H2,1-5H3. The van der Waals surface area contributed by atoms with E-state index in [0.717, 1.165) is 25.7 Å². The number of ether oxygens (including phenoxy) is 2. The van der Waals surface area contributed by atoms with Crippen LogP contribution >= 0.6 is 15.9 Å². The smallest absolute Gasteiger partial charge is 0.266 e. The Hall–Kier alpha value is -2.87. The molecule has 0 aliphatic heterocycles. The zero-order chi connectivity index (χ0) is 25.5. The number of fused-ring (bicyclic) bond motifs is 1. The molecule has 0 radical (unpaired) electrons. The van der Waals surface area contributed by atoms with Crippen LogP contribution in [0.1, 0.15) is 64.7 Å². The van der Waals surface area contributed by atoms with Gasteiger partial charge in [-0.1, -0.05) is 45.2 Å². The number of rotatable bonds is 11. The molecule has 1 atom stereocenters. The molecule has 2 aromatic carbocycles. The second kappa shape index (κ2) is 12.2. The lowest BCUT2D eigenvalue weighted by atomic mass is 10.1. The van der Waals surface area contributed by atoms with E-state index in [1.54, 1.807) is 37.0 Å². The number of amides is 1. The number of nitrogens with zero attached hydrogens (tertiary/aromatic N) is 3. The van der Waals surface area contributed by atoms with Crippen LogP contribution in [0.25, 0.3) is 16.6 Å². The summed E-state index contributed by atoms with van der Waals surface area (Å²) in [5, 5.41) is 0.494. The van der Waals surface area contributed by atoms with Crippen LogP contribution in [0.4, 0.5) is 0 Å². The number of methoxy groups -OCH3 is 2. The van der Waals surface area contributed by atoms with Crippen LogP contribution in [0, 0.1) is 0 Å². The highest BCUT2D eigenvalue weighted by Gasteiger charge is 2.27. The average molecular weight is 544 g/mol. The zero-order valence-electron chi connectivity index (χ0n) is 21.1. The molecule has 8 heteroatoms. The molecule has 0 aliphatic carbocycles. The van der Waals surface area contributed by atoms with Gasteiger partial charge in [-0.25, -0.2) is 4.98 Å². The molecule has 1 heterocycles. The molecule has 0 N–H and O–H groups in total. The van der Waals surface area contributed by atoms with E-state index in [9.17, 15) is 9.59 Å². The second-order valence-electron chi connectivity index (χ2n) is 8.47. The molecule has 0 saturated heterocycles. The predicted octanol–water partition coefficient (Wildman–Crippen LogP) is 6.05. The Bertz CT molecular complexity index is 1240. The first-order chi connectivity index (χ1) is 16.9. The summed E-state index contributed by atoms with van der Waals surface area (Å²) < 4.78 is 13.2. The van der Waals surface area contributed by atoms with E-state index in [0.29, 0.717) is 51.4 Å².